The van der Waals surface area contributed by atoms with Gasteiger partial charge in [0.2, 0.25) is 0 Å². The smallest absolute Gasteiger partial charge is 0.314 e. The number of pyridine rings is 1. The number of aryl methyl sites for hydroxylation is 1. The van der Waals surface area contributed by atoms with Crippen molar-refractivity contribution in [2.45, 2.75) is 19.8 Å². The van der Waals surface area contributed by atoms with Crippen molar-refractivity contribution in [3.8, 4) is 0 Å². The molecule has 0 aliphatic heterocycles. The van der Waals surface area contributed by atoms with E-state index < -0.39 is 11.9 Å². The molecular formula is C10H11N3O2. The topological polar surface area (TPSA) is 67.5 Å². The van der Waals surface area contributed by atoms with Gasteiger partial charge in [0.25, 0.3) is 0 Å². The van der Waals surface area contributed by atoms with Crippen LogP contribution in [0.25, 0.3) is 5.65 Å². The molecule has 0 aliphatic rings. The minimum atomic E-state index is -0.914. The van der Waals surface area contributed by atoms with E-state index in [1.807, 2.05) is 25.3 Å². The predicted octanol–water partition coefficient (Wildman–Crippen LogP) is 1.23. The average molecular weight is 205 g/mol. The fraction of sp³-hybridized carbons (Fsp3) is 0.300. The molecule has 5 heteroatoms. The van der Waals surface area contributed by atoms with Crippen LogP contribution in [-0.2, 0) is 4.79 Å². The maximum Gasteiger partial charge on any atom is 0.314 e. The lowest BCUT2D eigenvalue weighted by Gasteiger charge is -1.97. The number of carboxylic acids is 1. The second-order valence-electron chi connectivity index (χ2n) is 3.54. The molecule has 2 rings (SSSR count). The zero-order valence-corrected chi connectivity index (χ0v) is 8.51. The number of aliphatic carboxylic acids is 1. The van der Waals surface area contributed by atoms with E-state index in [4.69, 9.17) is 5.11 Å². The number of rotatable bonds is 2. The summed E-state index contributed by atoms with van der Waals surface area (Å²) in [6.07, 6.45) is 1.82. The Morgan fingerprint density at radius 1 is 1.53 bits per heavy atom. The quantitative estimate of drug-likeness (QED) is 0.800. The Balaban J connectivity index is 2.51. The lowest BCUT2D eigenvalue weighted by atomic mass is 10.2. The standard InChI is InChI=1S/C10H11N3O2/c1-6-3-4-8-11-9(7(2)10(14)15)12-13(8)5-6/h3-5,7H,1-2H3,(H,14,15). The largest absolute Gasteiger partial charge is 0.481 e. The van der Waals surface area contributed by atoms with Gasteiger partial charge in [-0.2, -0.15) is 5.10 Å². The van der Waals surface area contributed by atoms with Crippen LogP contribution in [0.5, 0.6) is 0 Å². The van der Waals surface area contributed by atoms with E-state index >= 15 is 0 Å². The van der Waals surface area contributed by atoms with Gasteiger partial charge in [0, 0.05) is 6.20 Å². The second kappa shape index (κ2) is 3.34. The maximum atomic E-state index is 10.8. The molecule has 1 N–H and O–H groups in total. The van der Waals surface area contributed by atoms with Gasteiger partial charge in [-0.05, 0) is 25.5 Å². The van der Waals surface area contributed by atoms with Crippen LogP contribution >= 0.6 is 0 Å². The highest BCUT2D eigenvalue weighted by molar-refractivity contribution is 5.74. The van der Waals surface area contributed by atoms with Crippen LogP contribution in [0.1, 0.15) is 24.2 Å². The third-order valence-electron chi connectivity index (χ3n) is 2.25. The van der Waals surface area contributed by atoms with Gasteiger partial charge in [0.1, 0.15) is 5.92 Å². The van der Waals surface area contributed by atoms with Crippen molar-refractivity contribution in [3.05, 3.63) is 29.7 Å². The Labute approximate surface area is 86.4 Å². The van der Waals surface area contributed by atoms with Gasteiger partial charge < -0.3 is 5.11 Å². The number of carbonyl (C=O) groups is 1. The Morgan fingerprint density at radius 2 is 2.27 bits per heavy atom. The van der Waals surface area contributed by atoms with E-state index in [1.54, 1.807) is 11.4 Å². The van der Waals surface area contributed by atoms with Gasteiger partial charge in [0.05, 0.1) is 0 Å². The first-order chi connectivity index (χ1) is 7.08. The Kier molecular flexibility index (Phi) is 2.15. The molecule has 15 heavy (non-hydrogen) atoms. The zero-order chi connectivity index (χ0) is 11.0. The molecule has 1 unspecified atom stereocenters. The van der Waals surface area contributed by atoms with Crippen LogP contribution in [0.3, 0.4) is 0 Å². The molecule has 1 atom stereocenters. The second-order valence-corrected chi connectivity index (χ2v) is 3.54. The molecule has 0 amide bonds. The predicted molar refractivity (Wildman–Crippen MR) is 53.8 cm³/mol. The molecule has 2 heterocycles. The van der Waals surface area contributed by atoms with Crippen molar-refractivity contribution in [1.29, 1.82) is 0 Å². The molecule has 2 aromatic heterocycles. The van der Waals surface area contributed by atoms with Crippen LogP contribution < -0.4 is 0 Å². The Hall–Kier alpha value is -1.91. The van der Waals surface area contributed by atoms with Gasteiger partial charge in [-0.1, -0.05) is 6.07 Å². The highest BCUT2D eigenvalue weighted by Gasteiger charge is 2.18. The number of nitrogens with zero attached hydrogens (tertiary/aromatic N) is 3. The summed E-state index contributed by atoms with van der Waals surface area (Å²) in [6.45, 7) is 3.52. The summed E-state index contributed by atoms with van der Waals surface area (Å²) in [5.41, 5.74) is 1.73. The van der Waals surface area contributed by atoms with Gasteiger partial charge >= 0.3 is 5.97 Å². The fourth-order valence-corrected chi connectivity index (χ4v) is 1.30. The molecule has 0 aromatic carbocycles. The number of carboxylic acid groups (broad SMARTS) is 1. The highest BCUT2D eigenvalue weighted by atomic mass is 16.4. The van der Waals surface area contributed by atoms with Gasteiger partial charge in [0.15, 0.2) is 11.5 Å². The first-order valence-electron chi connectivity index (χ1n) is 4.63. The minimum Gasteiger partial charge on any atom is -0.481 e. The number of aromatic nitrogens is 3. The highest BCUT2D eigenvalue weighted by Crippen LogP contribution is 2.12. The molecule has 0 saturated carbocycles. The van der Waals surface area contributed by atoms with Crippen molar-refractivity contribution in [2.24, 2.45) is 0 Å². The summed E-state index contributed by atoms with van der Waals surface area (Å²) in [5.74, 6) is -1.25. The van der Waals surface area contributed by atoms with Crippen LogP contribution in [0.15, 0.2) is 18.3 Å². The van der Waals surface area contributed by atoms with Crippen molar-refractivity contribution < 1.29 is 9.90 Å². The van der Waals surface area contributed by atoms with Crippen LogP contribution in [0.4, 0.5) is 0 Å². The molecule has 0 spiro atoms. The molecule has 78 valence electrons. The van der Waals surface area contributed by atoms with Crippen molar-refractivity contribution in [3.63, 3.8) is 0 Å². The summed E-state index contributed by atoms with van der Waals surface area (Å²) >= 11 is 0. The fourth-order valence-electron chi connectivity index (χ4n) is 1.30. The zero-order valence-electron chi connectivity index (χ0n) is 8.51. The van der Waals surface area contributed by atoms with Crippen LogP contribution in [0, 0.1) is 6.92 Å². The van der Waals surface area contributed by atoms with Crippen molar-refractivity contribution in [2.75, 3.05) is 0 Å². The summed E-state index contributed by atoms with van der Waals surface area (Å²) < 4.78 is 1.60. The summed E-state index contributed by atoms with van der Waals surface area (Å²) in [7, 11) is 0. The third kappa shape index (κ3) is 1.68. The Bertz CT molecular complexity index is 518. The molecule has 0 saturated heterocycles. The van der Waals surface area contributed by atoms with Crippen LogP contribution in [0.2, 0.25) is 0 Å². The van der Waals surface area contributed by atoms with Crippen molar-refractivity contribution in [1.82, 2.24) is 14.6 Å². The normalized spacial score (nSPS) is 12.9. The first-order valence-corrected chi connectivity index (χ1v) is 4.63. The van der Waals surface area contributed by atoms with E-state index in [0.717, 1.165) is 5.56 Å². The van der Waals surface area contributed by atoms with E-state index in [-0.39, 0.29) is 0 Å². The third-order valence-corrected chi connectivity index (χ3v) is 2.25. The van der Waals surface area contributed by atoms with E-state index in [1.165, 1.54) is 0 Å². The lowest BCUT2D eigenvalue weighted by Crippen LogP contribution is -2.09. The molecule has 0 aliphatic carbocycles. The molecular weight excluding hydrogens is 194 g/mol. The van der Waals surface area contributed by atoms with Gasteiger partial charge in [-0.15, -0.1) is 0 Å². The summed E-state index contributed by atoms with van der Waals surface area (Å²) in [4.78, 5) is 14.9. The maximum absolute atomic E-state index is 10.8. The molecule has 5 nitrogen and oxygen atoms in total. The van der Waals surface area contributed by atoms with E-state index in [2.05, 4.69) is 10.1 Å². The SMILES string of the molecule is Cc1ccc2nc(C(C)C(=O)O)nn2c1. The molecule has 2 aromatic rings. The lowest BCUT2D eigenvalue weighted by molar-refractivity contribution is -0.138. The number of fused-ring (bicyclic) bond motifs is 1. The first kappa shape index (κ1) is 9.64. The number of hydrogen-bond donors (Lipinski definition) is 1. The van der Waals surface area contributed by atoms with Gasteiger partial charge in [-0.3, -0.25) is 4.79 Å². The van der Waals surface area contributed by atoms with Gasteiger partial charge in [-0.25, -0.2) is 9.50 Å². The number of hydrogen-bond acceptors (Lipinski definition) is 3. The van der Waals surface area contributed by atoms with E-state index in [9.17, 15) is 4.79 Å². The van der Waals surface area contributed by atoms with E-state index in [0.29, 0.717) is 11.5 Å². The molecule has 0 bridgehead atoms. The van der Waals surface area contributed by atoms with Crippen LogP contribution in [-0.4, -0.2) is 25.7 Å². The monoisotopic (exact) mass is 205 g/mol. The Morgan fingerprint density at radius 3 is 2.93 bits per heavy atom. The molecule has 0 radical (unpaired) electrons. The summed E-state index contributed by atoms with van der Waals surface area (Å²) in [5, 5.41) is 12.9. The average Bonchev–Trinajstić information content (AvgIpc) is 2.58. The molecule has 0 fully saturated rings. The summed E-state index contributed by atoms with van der Waals surface area (Å²) in [6, 6.07) is 3.74. The van der Waals surface area contributed by atoms with Crippen molar-refractivity contribution >= 4 is 11.6 Å². The minimum absolute atomic E-state index is 0.341.